The highest BCUT2D eigenvalue weighted by molar-refractivity contribution is 7.99. The fourth-order valence-electron chi connectivity index (χ4n) is 1.78. The van der Waals surface area contributed by atoms with Crippen molar-refractivity contribution in [1.82, 2.24) is 0 Å². The van der Waals surface area contributed by atoms with Crippen LogP contribution in [0.25, 0.3) is 0 Å². The predicted octanol–water partition coefficient (Wildman–Crippen LogP) is 3.64. The molecule has 104 valence electrons. The summed E-state index contributed by atoms with van der Waals surface area (Å²) in [6, 6.07) is 15.3. The second-order valence-electron chi connectivity index (χ2n) is 4.32. The number of hydrogen-bond acceptors (Lipinski definition) is 4. The van der Waals surface area contributed by atoms with Crippen molar-refractivity contribution in [2.24, 2.45) is 0 Å². The number of nitrogens with two attached hydrogens (primary N) is 1. The van der Waals surface area contributed by atoms with Gasteiger partial charge in [0.1, 0.15) is 5.75 Å². The maximum Gasteiger partial charge on any atom is 0.163 e. The number of ether oxygens (including phenoxy) is 1. The number of rotatable bonds is 6. The first-order valence-electron chi connectivity index (χ1n) is 6.38. The highest BCUT2D eigenvalue weighted by Gasteiger charge is 2.08. The van der Waals surface area contributed by atoms with E-state index in [9.17, 15) is 4.79 Å². The van der Waals surface area contributed by atoms with Crippen molar-refractivity contribution in [3.05, 3.63) is 54.1 Å². The maximum absolute atomic E-state index is 11.5. The third-order valence-corrected chi connectivity index (χ3v) is 3.71. The van der Waals surface area contributed by atoms with Crippen molar-refractivity contribution in [2.45, 2.75) is 11.8 Å². The molecule has 0 unspecified atom stereocenters. The molecule has 3 nitrogen and oxygen atoms in total. The number of carbonyl (C=O) groups is 1. The Bertz CT molecular complexity index is 584. The van der Waals surface area contributed by atoms with Crippen LogP contribution in [-0.4, -0.2) is 18.1 Å². The second kappa shape index (κ2) is 7.01. The molecule has 2 aromatic carbocycles. The lowest BCUT2D eigenvalue weighted by atomic mass is 10.1. The lowest BCUT2D eigenvalue weighted by Gasteiger charge is -2.10. The van der Waals surface area contributed by atoms with E-state index in [1.807, 2.05) is 18.2 Å². The Balaban J connectivity index is 1.90. The van der Waals surface area contributed by atoms with E-state index in [1.165, 1.54) is 11.8 Å². The van der Waals surface area contributed by atoms with Crippen LogP contribution < -0.4 is 10.5 Å². The van der Waals surface area contributed by atoms with Gasteiger partial charge in [-0.05, 0) is 37.3 Å². The topological polar surface area (TPSA) is 52.3 Å². The highest BCUT2D eigenvalue weighted by Crippen LogP contribution is 2.23. The van der Waals surface area contributed by atoms with Crippen LogP contribution in [0.2, 0.25) is 0 Å². The SMILES string of the molecule is CC(=O)c1cc(N)ccc1OCCSc1ccccc1. The summed E-state index contributed by atoms with van der Waals surface area (Å²) in [5.41, 5.74) is 6.79. The molecule has 4 heteroatoms. The quantitative estimate of drug-likeness (QED) is 0.381. The standard InChI is InChI=1S/C16H17NO2S/c1-12(18)15-11-13(17)7-8-16(15)19-9-10-20-14-5-3-2-4-6-14/h2-8,11H,9-10,17H2,1H3. The van der Waals surface area contributed by atoms with E-state index in [4.69, 9.17) is 10.5 Å². The molecule has 2 N–H and O–H groups in total. The summed E-state index contributed by atoms with van der Waals surface area (Å²) in [4.78, 5) is 12.7. The molecule has 0 spiro atoms. The first-order chi connectivity index (χ1) is 9.66. The zero-order chi connectivity index (χ0) is 14.4. The van der Waals surface area contributed by atoms with Crippen LogP contribution in [-0.2, 0) is 0 Å². The number of anilines is 1. The van der Waals surface area contributed by atoms with Gasteiger partial charge in [-0.25, -0.2) is 0 Å². The lowest BCUT2D eigenvalue weighted by Crippen LogP contribution is -2.05. The van der Waals surface area contributed by atoms with Crippen LogP contribution in [0.1, 0.15) is 17.3 Å². The van der Waals surface area contributed by atoms with Crippen LogP contribution in [0.4, 0.5) is 5.69 Å². The molecular formula is C16H17NO2S. The van der Waals surface area contributed by atoms with Gasteiger partial charge in [0, 0.05) is 16.3 Å². The first-order valence-corrected chi connectivity index (χ1v) is 7.36. The number of Topliss-reactive ketones (excluding diaryl/α,β-unsaturated/α-hetero) is 1. The molecule has 0 heterocycles. The van der Waals surface area contributed by atoms with Crippen LogP contribution in [0, 0.1) is 0 Å². The second-order valence-corrected chi connectivity index (χ2v) is 5.49. The number of carbonyl (C=O) groups excluding carboxylic acids is 1. The summed E-state index contributed by atoms with van der Waals surface area (Å²) in [6.07, 6.45) is 0. The molecule has 0 aliphatic heterocycles. The van der Waals surface area contributed by atoms with E-state index >= 15 is 0 Å². The molecule has 0 aromatic heterocycles. The molecule has 0 atom stereocenters. The van der Waals surface area contributed by atoms with Gasteiger partial charge in [-0.2, -0.15) is 0 Å². The Kier molecular flexibility index (Phi) is 5.07. The van der Waals surface area contributed by atoms with Crippen molar-refractivity contribution in [2.75, 3.05) is 18.1 Å². The average molecular weight is 287 g/mol. The maximum atomic E-state index is 11.5. The van der Waals surface area contributed by atoms with Crippen molar-refractivity contribution in [1.29, 1.82) is 0 Å². The van der Waals surface area contributed by atoms with Crippen molar-refractivity contribution >= 4 is 23.2 Å². The molecule has 0 saturated heterocycles. The third kappa shape index (κ3) is 4.03. The van der Waals surface area contributed by atoms with Gasteiger partial charge in [0.25, 0.3) is 0 Å². The van der Waals surface area contributed by atoms with Crippen molar-refractivity contribution < 1.29 is 9.53 Å². The first kappa shape index (κ1) is 14.5. The van der Waals surface area contributed by atoms with Gasteiger partial charge >= 0.3 is 0 Å². The average Bonchev–Trinajstić information content (AvgIpc) is 2.45. The normalized spacial score (nSPS) is 10.2. The summed E-state index contributed by atoms with van der Waals surface area (Å²) >= 11 is 1.72. The minimum Gasteiger partial charge on any atom is -0.492 e. The number of thioether (sulfide) groups is 1. The molecule has 2 rings (SSSR count). The summed E-state index contributed by atoms with van der Waals surface area (Å²) in [5.74, 6) is 1.38. The third-order valence-electron chi connectivity index (χ3n) is 2.74. The minimum absolute atomic E-state index is 0.0389. The van der Waals surface area contributed by atoms with Crippen LogP contribution >= 0.6 is 11.8 Å². The Morgan fingerprint density at radius 3 is 2.65 bits per heavy atom. The number of benzene rings is 2. The van der Waals surface area contributed by atoms with E-state index in [0.717, 1.165) is 5.75 Å². The molecule has 0 aliphatic carbocycles. The predicted molar refractivity (Wildman–Crippen MR) is 83.5 cm³/mol. The van der Waals surface area contributed by atoms with Gasteiger partial charge in [0.2, 0.25) is 0 Å². The minimum atomic E-state index is -0.0389. The number of ketones is 1. The van der Waals surface area contributed by atoms with E-state index < -0.39 is 0 Å². The fourth-order valence-corrected chi connectivity index (χ4v) is 2.53. The Labute approximate surface area is 123 Å². The van der Waals surface area contributed by atoms with E-state index in [-0.39, 0.29) is 5.78 Å². The molecular weight excluding hydrogens is 270 g/mol. The Morgan fingerprint density at radius 2 is 1.95 bits per heavy atom. The van der Waals surface area contributed by atoms with Gasteiger partial charge in [-0.15, -0.1) is 11.8 Å². The zero-order valence-electron chi connectivity index (χ0n) is 11.3. The van der Waals surface area contributed by atoms with Gasteiger partial charge in [-0.3, -0.25) is 4.79 Å². The smallest absolute Gasteiger partial charge is 0.163 e. The summed E-state index contributed by atoms with van der Waals surface area (Å²) in [7, 11) is 0. The van der Waals surface area contributed by atoms with Crippen LogP contribution in [0.5, 0.6) is 5.75 Å². The van der Waals surface area contributed by atoms with Crippen LogP contribution in [0.15, 0.2) is 53.4 Å². The summed E-state index contributed by atoms with van der Waals surface area (Å²) in [5, 5.41) is 0. The summed E-state index contributed by atoms with van der Waals surface area (Å²) in [6.45, 7) is 2.06. The summed E-state index contributed by atoms with van der Waals surface area (Å²) < 4.78 is 5.68. The van der Waals surface area contributed by atoms with Crippen LogP contribution in [0.3, 0.4) is 0 Å². The number of nitrogen functional groups attached to an aromatic ring is 1. The Hall–Kier alpha value is -1.94. The molecule has 2 aromatic rings. The highest BCUT2D eigenvalue weighted by atomic mass is 32.2. The molecule has 0 radical (unpaired) electrons. The molecule has 20 heavy (non-hydrogen) atoms. The van der Waals surface area contributed by atoms with E-state index in [2.05, 4.69) is 12.1 Å². The monoisotopic (exact) mass is 287 g/mol. The lowest BCUT2D eigenvalue weighted by molar-refractivity contribution is 0.101. The van der Waals surface area contributed by atoms with Gasteiger partial charge in [0.05, 0.1) is 12.2 Å². The van der Waals surface area contributed by atoms with E-state index in [1.54, 1.807) is 30.0 Å². The zero-order valence-corrected chi connectivity index (χ0v) is 12.2. The van der Waals surface area contributed by atoms with Crippen molar-refractivity contribution in [3.8, 4) is 5.75 Å². The molecule has 0 fully saturated rings. The fraction of sp³-hybridized carbons (Fsp3) is 0.188. The molecule has 0 aliphatic rings. The Morgan fingerprint density at radius 1 is 1.20 bits per heavy atom. The van der Waals surface area contributed by atoms with Gasteiger partial charge < -0.3 is 10.5 Å². The van der Waals surface area contributed by atoms with Gasteiger partial charge in [-0.1, -0.05) is 18.2 Å². The molecule has 0 amide bonds. The van der Waals surface area contributed by atoms with E-state index in [0.29, 0.717) is 23.6 Å². The number of hydrogen-bond donors (Lipinski definition) is 1. The molecule has 0 bridgehead atoms. The molecule has 0 saturated carbocycles. The largest absolute Gasteiger partial charge is 0.492 e. The van der Waals surface area contributed by atoms with Gasteiger partial charge in [0.15, 0.2) is 5.78 Å². The van der Waals surface area contributed by atoms with Crippen molar-refractivity contribution in [3.63, 3.8) is 0 Å².